The molecule has 0 atom stereocenters. The van der Waals surface area contributed by atoms with Crippen LogP contribution in [0.3, 0.4) is 0 Å². The minimum atomic E-state index is -0.533. The zero-order valence-electron chi connectivity index (χ0n) is 14.8. The summed E-state index contributed by atoms with van der Waals surface area (Å²) < 4.78 is 13.2. The first-order valence-corrected chi connectivity index (χ1v) is 8.62. The van der Waals surface area contributed by atoms with Crippen molar-refractivity contribution in [1.82, 2.24) is 14.3 Å². The number of methoxy groups -OCH3 is 2. The third kappa shape index (κ3) is 3.80. The Morgan fingerprint density at radius 3 is 2.59 bits per heavy atom. The van der Waals surface area contributed by atoms with Crippen molar-refractivity contribution in [3.8, 4) is 0 Å². The molecule has 2 heterocycles. The van der Waals surface area contributed by atoms with E-state index >= 15 is 0 Å². The fraction of sp³-hybridized carbons (Fsp3) is 0.235. The molecule has 0 N–H and O–H groups in total. The maximum atomic E-state index is 12.4. The van der Waals surface area contributed by atoms with Crippen LogP contribution in [0.2, 0.25) is 0 Å². The van der Waals surface area contributed by atoms with Crippen LogP contribution in [0.1, 0.15) is 20.8 Å². The van der Waals surface area contributed by atoms with Crippen molar-refractivity contribution >= 4 is 39.4 Å². The second-order valence-corrected chi connectivity index (χ2v) is 6.52. The molecule has 3 aromatic rings. The number of carbonyl (C=O) groups excluding carboxylic acids is 3. The van der Waals surface area contributed by atoms with Crippen molar-refractivity contribution in [2.24, 2.45) is 12.0 Å². The van der Waals surface area contributed by atoms with Crippen LogP contribution in [0.15, 0.2) is 35.5 Å². The summed E-state index contributed by atoms with van der Waals surface area (Å²) in [7, 11) is 4.27. The predicted octanol–water partition coefficient (Wildman–Crippen LogP) is 1.14. The molecule has 0 saturated carbocycles. The highest BCUT2D eigenvalue weighted by Gasteiger charge is 2.15. The molecule has 10 heteroatoms. The highest BCUT2D eigenvalue weighted by Crippen LogP contribution is 2.20. The van der Waals surface area contributed by atoms with Gasteiger partial charge in [0.05, 0.1) is 30.0 Å². The summed E-state index contributed by atoms with van der Waals surface area (Å²) in [5.74, 6) is -1.50. The largest absolute Gasteiger partial charge is 0.468 e. The SMILES string of the molecule is COC(=O)Cn1c(=NC(=O)c2ccn(C)n2)sc2cc(C(=O)OC)ccc21. The van der Waals surface area contributed by atoms with Gasteiger partial charge in [0.2, 0.25) is 0 Å². The molecule has 0 aliphatic heterocycles. The number of hydrogen-bond donors (Lipinski definition) is 0. The van der Waals surface area contributed by atoms with Crippen LogP contribution in [0.4, 0.5) is 0 Å². The second kappa shape index (κ2) is 7.54. The number of ether oxygens (including phenoxy) is 2. The van der Waals surface area contributed by atoms with Gasteiger partial charge < -0.3 is 14.0 Å². The lowest BCUT2D eigenvalue weighted by Crippen LogP contribution is -2.22. The molecule has 0 radical (unpaired) electrons. The average Bonchev–Trinajstić information content (AvgIpc) is 3.24. The van der Waals surface area contributed by atoms with Gasteiger partial charge in [-0.1, -0.05) is 11.3 Å². The van der Waals surface area contributed by atoms with Gasteiger partial charge in [-0.15, -0.1) is 0 Å². The highest BCUT2D eigenvalue weighted by molar-refractivity contribution is 7.16. The highest BCUT2D eigenvalue weighted by atomic mass is 32.1. The monoisotopic (exact) mass is 388 g/mol. The quantitative estimate of drug-likeness (QED) is 0.621. The van der Waals surface area contributed by atoms with Gasteiger partial charge >= 0.3 is 11.9 Å². The molecule has 0 spiro atoms. The summed E-state index contributed by atoms with van der Waals surface area (Å²) >= 11 is 1.17. The van der Waals surface area contributed by atoms with Crippen molar-refractivity contribution in [1.29, 1.82) is 0 Å². The lowest BCUT2D eigenvalue weighted by molar-refractivity contribution is -0.141. The number of aromatic nitrogens is 3. The molecule has 2 aromatic heterocycles. The first-order valence-electron chi connectivity index (χ1n) is 7.80. The van der Waals surface area contributed by atoms with E-state index in [9.17, 15) is 14.4 Å². The topological polar surface area (TPSA) is 105 Å². The van der Waals surface area contributed by atoms with Gasteiger partial charge in [0.15, 0.2) is 10.5 Å². The number of thiazole rings is 1. The van der Waals surface area contributed by atoms with Gasteiger partial charge in [-0.2, -0.15) is 10.1 Å². The number of benzene rings is 1. The number of aryl methyl sites for hydroxylation is 1. The Kier molecular flexibility index (Phi) is 5.17. The Bertz CT molecular complexity index is 1110. The van der Waals surface area contributed by atoms with Crippen molar-refractivity contribution in [2.45, 2.75) is 6.54 Å². The Balaban J connectivity index is 2.15. The van der Waals surface area contributed by atoms with Gasteiger partial charge in [0, 0.05) is 13.2 Å². The summed E-state index contributed by atoms with van der Waals surface area (Å²) in [5, 5.41) is 4.03. The fourth-order valence-corrected chi connectivity index (χ4v) is 3.49. The Morgan fingerprint density at radius 2 is 1.96 bits per heavy atom. The number of rotatable bonds is 4. The lowest BCUT2D eigenvalue weighted by Gasteiger charge is -2.04. The van der Waals surface area contributed by atoms with E-state index in [1.54, 1.807) is 42.1 Å². The van der Waals surface area contributed by atoms with Crippen molar-refractivity contribution in [3.05, 3.63) is 46.5 Å². The van der Waals surface area contributed by atoms with Crippen molar-refractivity contribution in [3.63, 3.8) is 0 Å². The molecule has 140 valence electrons. The molecule has 0 saturated heterocycles. The molecule has 27 heavy (non-hydrogen) atoms. The van der Waals surface area contributed by atoms with Crippen LogP contribution >= 0.6 is 11.3 Å². The summed E-state index contributed by atoms with van der Waals surface area (Å²) in [6, 6.07) is 6.44. The van der Waals surface area contributed by atoms with Crippen molar-refractivity contribution < 1.29 is 23.9 Å². The predicted molar refractivity (Wildman–Crippen MR) is 96.3 cm³/mol. The molecule has 1 amide bonds. The van der Waals surface area contributed by atoms with Crippen molar-refractivity contribution in [2.75, 3.05) is 14.2 Å². The van der Waals surface area contributed by atoms with E-state index in [2.05, 4.69) is 10.1 Å². The van der Waals surface area contributed by atoms with Gasteiger partial charge in [0.25, 0.3) is 5.91 Å². The minimum absolute atomic E-state index is 0.123. The molecule has 3 rings (SSSR count). The van der Waals surface area contributed by atoms with E-state index < -0.39 is 17.8 Å². The van der Waals surface area contributed by atoms with Crippen LogP contribution in [0, 0.1) is 0 Å². The van der Waals surface area contributed by atoms with Crippen LogP contribution in [0.5, 0.6) is 0 Å². The zero-order chi connectivity index (χ0) is 19.6. The van der Waals surface area contributed by atoms with Gasteiger partial charge in [0.1, 0.15) is 6.54 Å². The first-order chi connectivity index (χ1) is 12.9. The number of amides is 1. The standard InChI is InChI=1S/C17H16N4O5S/c1-20-7-6-11(19-20)15(23)18-17-21(9-14(22)25-2)12-5-4-10(16(24)26-3)8-13(12)27-17/h4-8H,9H2,1-3H3. The summed E-state index contributed by atoms with van der Waals surface area (Å²) in [6.07, 6.45) is 1.64. The fourth-order valence-electron chi connectivity index (χ4n) is 2.42. The number of hydrogen-bond acceptors (Lipinski definition) is 7. The van der Waals surface area contributed by atoms with Crippen LogP contribution in [-0.2, 0) is 27.9 Å². The normalized spacial score (nSPS) is 11.6. The maximum absolute atomic E-state index is 12.4. The third-order valence-corrected chi connectivity index (χ3v) is 4.79. The Labute approximate surface area is 157 Å². The summed E-state index contributed by atoms with van der Waals surface area (Å²) in [4.78, 5) is 40.3. The summed E-state index contributed by atoms with van der Waals surface area (Å²) in [5.41, 5.74) is 1.19. The molecule has 0 fully saturated rings. The number of esters is 2. The van der Waals surface area contributed by atoms with E-state index in [0.29, 0.717) is 20.6 Å². The van der Waals surface area contributed by atoms with E-state index in [1.807, 2.05) is 0 Å². The maximum Gasteiger partial charge on any atom is 0.337 e. The van der Waals surface area contributed by atoms with Crippen LogP contribution in [0.25, 0.3) is 10.2 Å². The van der Waals surface area contributed by atoms with Crippen LogP contribution in [-0.4, -0.2) is 46.4 Å². The van der Waals surface area contributed by atoms with E-state index in [0.717, 1.165) is 0 Å². The molecule has 1 aromatic carbocycles. The number of fused-ring (bicyclic) bond motifs is 1. The zero-order valence-corrected chi connectivity index (χ0v) is 15.6. The molecular formula is C17H16N4O5S. The minimum Gasteiger partial charge on any atom is -0.468 e. The number of nitrogens with zero attached hydrogens (tertiary/aromatic N) is 4. The van der Waals surface area contributed by atoms with Gasteiger partial charge in [-0.25, -0.2) is 4.79 Å². The lowest BCUT2D eigenvalue weighted by atomic mass is 10.2. The molecule has 0 bridgehead atoms. The molecule has 0 aliphatic rings. The van der Waals surface area contributed by atoms with E-state index in [-0.39, 0.29) is 12.2 Å². The molecular weight excluding hydrogens is 372 g/mol. The molecule has 0 aliphatic carbocycles. The summed E-state index contributed by atoms with van der Waals surface area (Å²) in [6.45, 7) is -0.123. The van der Waals surface area contributed by atoms with E-state index in [4.69, 9.17) is 9.47 Å². The van der Waals surface area contributed by atoms with Gasteiger partial charge in [-0.3, -0.25) is 14.3 Å². The van der Waals surface area contributed by atoms with Gasteiger partial charge in [-0.05, 0) is 24.3 Å². The first kappa shape index (κ1) is 18.5. The van der Waals surface area contributed by atoms with Crippen LogP contribution < -0.4 is 4.80 Å². The second-order valence-electron chi connectivity index (χ2n) is 5.51. The average molecular weight is 388 g/mol. The third-order valence-electron chi connectivity index (χ3n) is 3.75. The number of carbonyl (C=O) groups is 3. The smallest absolute Gasteiger partial charge is 0.337 e. The van der Waals surface area contributed by atoms with E-state index in [1.165, 1.54) is 30.2 Å². The Morgan fingerprint density at radius 1 is 1.19 bits per heavy atom. The molecule has 9 nitrogen and oxygen atoms in total. The molecule has 0 unspecified atom stereocenters. The Hall–Kier alpha value is -3.27.